The fourth-order valence-corrected chi connectivity index (χ4v) is 3.25. The number of nitrogens with one attached hydrogen (secondary N) is 1. The first kappa shape index (κ1) is 15.3. The van der Waals surface area contributed by atoms with Gasteiger partial charge in [-0.15, -0.1) is 0 Å². The quantitative estimate of drug-likeness (QED) is 0.880. The molecule has 1 N–H and O–H groups in total. The van der Waals surface area contributed by atoms with Crippen molar-refractivity contribution in [2.24, 2.45) is 0 Å². The van der Waals surface area contributed by atoms with E-state index in [0.717, 1.165) is 58.0 Å². The Balaban J connectivity index is 1.65. The molecule has 2 amide bonds. The molecular formula is C15H25N5O2. The summed E-state index contributed by atoms with van der Waals surface area (Å²) in [7, 11) is 1.68. The van der Waals surface area contributed by atoms with Crippen molar-refractivity contribution in [2.45, 2.75) is 33.0 Å². The van der Waals surface area contributed by atoms with Crippen LogP contribution < -0.4 is 5.32 Å². The second-order valence-electron chi connectivity index (χ2n) is 5.81. The number of ether oxygens (including phenoxy) is 1. The van der Waals surface area contributed by atoms with Crippen LogP contribution in [0.15, 0.2) is 0 Å². The van der Waals surface area contributed by atoms with E-state index in [1.165, 1.54) is 11.3 Å². The first-order valence-corrected chi connectivity index (χ1v) is 8.07. The molecule has 0 radical (unpaired) electrons. The summed E-state index contributed by atoms with van der Waals surface area (Å²) >= 11 is 0. The molecule has 0 atom stereocenters. The molecule has 2 aliphatic heterocycles. The summed E-state index contributed by atoms with van der Waals surface area (Å²) in [6.07, 6.45) is 0.959. The third kappa shape index (κ3) is 2.96. The average molecular weight is 307 g/mol. The summed E-state index contributed by atoms with van der Waals surface area (Å²) in [5.41, 5.74) is 3.76. The maximum Gasteiger partial charge on any atom is 0.317 e. The number of carbonyl (C=O) groups is 1. The molecule has 7 nitrogen and oxygen atoms in total. The minimum Gasteiger partial charge on any atom is -0.376 e. The molecule has 2 aliphatic rings. The number of urea groups is 1. The van der Waals surface area contributed by atoms with Crippen molar-refractivity contribution in [3.63, 3.8) is 0 Å². The SMILES string of the molecule is CCn1nc(CN2CCN(C(=O)NC)CC2)c2c1CCOC2. The molecule has 0 saturated carbocycles. The fourth-order valence-electron chi connectivity index (χ4n) is 3.25. The number of nitrogens with zero attached hydrogens (tertiary/aromatic N) is 4. The molecule has 0 unspecified atom stereocenters. The van der Waals surface area contributed by atoms with Gasteiger partial charge in [-0.05, 0) is 6.92 Å². The Kier molecular flexibility index (Phi) is 4.63. The van der Waals surface area contributed by atoms with Crippen molar-refractivity contribution in [1.29, 1.82) is 0 Å². The van der Waals surface area contributed by atoms with Gasteiger partial charge >= 0.3 is 6.03 Å². The fraction of sp³-hybridized carbons (Fsp3) is 0.733. The molecular weight excluding hydrogens is 282 g/mol. The monoisotopic (exact) mass is 307 g/mol. The summed E-state index contributed by atoms with van der Waals surface area (Å²) in [4.78, 5) is 15.9. The van der Waals surface area contributed by atoms with E-state index in [2.05, 4.69) is 21.8 Å². The number of fused-ring (bicyclic) bond motifs is 1. The zero-order valence-electron chi connectivity index (χ0n) is 13.5. The molecule has 1 aromatic rings. The number of rotatable bonds is 3. The Labute approximate surface area is 131 Å². The summed E-state index contributed by atoms with van der Waals surface area (Å²) < 4.78 is 7.73. The molecule has 1 fully saturated rings. The lowest BCUT2D eigenvalue weighted by Crippen LogP contribution is -2.50. The van der Waals surface area contributed by atoms with E-state index in [9.17, 15) is 4.79 Å². The predicted molar refractivity (Wildman–Crippen MR) is 82.6 cm³/mol. The van der Waals surface area contributed by atoms with E-state index in [-0.39, 0.29) is 6.03 Å². The highest BCUT2D eigenvalue weighted by Crippen LogP contribution is 2.22. The molecule has 0 spiro atoms. The summed E-state index contributed by atoms with van der Waals surface area (Å²) in [5.74, 6) is 0. The van der Waals surface area contributed by atoms with Crippen molar-refractivity contribution < 1.29 is 9.53 Å². The van der Waals surface area contributed by atoms with Crippen LogP contribution in [0.1, 0.15) is 23.9 Å². The van der Waals surface area contributed by atoms with E-state index in [4.69, 9.17) is 9.84 Å². The number of hydrogen-bond donors (Lipinski definition) is 1. The molecule has 7 heteroatoms. The van der Waals surface area contributed by atoms with E-state index in [0.29, 0.717) is 6.61 Å². The molecule has 0 bridgehead atoms. The summed E-state index contributed by atoms with van der Waals surface area (Å²) in [5, 5.41) is 7.46. The van der Waals surface area contributed by atoms with Crippen LogP contribution in [0.4, 0.5) is 4.79 Å². The Morgan fingerprint density at radius 2 is 2.09 bits per heavy atom. The van der Waals surface area contributed by atoms with Gasteiger partial charge < -0.3 is 15.0 Å². The van der Waals surface area contributed by atoms with Gasteiger partial charge in [0.25, 0.3) is 0 Å². The van der Waals surface area contributed by atoms with Crippen LogP contribution in [0.5, 0.6) is 0 Å². The van der Waals surface area contributed by atoms with Crippen LogP contribution in [0, 0.1) is 0 Å². The highest BCUT2D eigenvalue weighted by atomic mass is 16.5. The smallest absolute Gasteiger partial charge is 0.317 e. The highest BCUT2D eigenvalue weighted by Gasteiger charge is 2.25. The number of aryl methyl sites for hydroxylation is 1. The van der Waals surface area contributed by atoms with Crippen molar-refractivity contribution in [3.05, 3.63) is 17.0 Å². The van der Waals surface area contributed by atoms with Gasteiger partial charge in [-0.25, -0.2) is 4.79 Å². The first-order chi connectivity index (χ1) is 10.7. The minimum atomic E-state index is 0.0145. The predicted octanol–water partition coefficient (Wildman–Crippen LogP) is 0.433. The van der Waals surface area contributed by atoms with Crippen LogP contribution >= 0.6 is 0 Å². The molecule has 1 saturated heterocycles. The number of amides is 2. The summed E-state index contributed by atoms with van der Waals surface area (Å²) in [6, 6.07) is 0.0145. The Hall–Kier alpha value is -1.60. The Morgan fingerprint density at radius 1 is 1.32 bits per heavy atom. The van der Waals surface area contributed by atoms with Gasteiger partial charge in [-0.2, -0.15) is 5.10 Å². The topological polar surface area (TPSA) is 62.6 Å². The van der Waals surface area contributed by atoms with Gasteiger partial charge in [0, 0.05) is 64.0 Å². The van der Waals surface area contributed by atoms with E-state index < -0.39 is 0 Å². The van der Waals surface area contributed by atoms with E-state index in [1.807, 2.05) is 4.90 Å². The third-order valence-corrected chi connectivity index (χ3v) is 4.53. The van der Waals surface area contributed by atoms with Gasteiger partial charge in [0.05, 0.1) is 18.9 Å². The minimum absolute atomic E-state index is 0.0145. The number of hydrogen-bond acceptors (Lipinski definition) is 4. The van der Waals surface area contributed by atoms with Crippen LogP contribution in [0.2, 0.25) is 0 Å². The molecule has 22 heavy (non-hydrogen) atoms. The highest BCUT2D eigenvalue weighted by molar-refractivity contribution is 5.73. The third-order valence-electron chi connectivity index (χ3n) is 4.53. The van der Waals surface area contributed by atoms with Gasteiger partial charge in [0.1, 0.15) is 0 Å². The Bertz CT molecular complexity index is 534. The molecule has 0 aromatic carbocycles. The molecule has 122 valence electrons. The first-order valence-electron chi connectivity index (χ1n) is 8.07. The maximum atomic E-state index is 11.6. The van der Waals surface area contributed by atoms with Gasteiger partial charge in [-0.1, -0.05) is 0 Å². The normalized spacial score (nSPS) is 19.1. The second kappa shape index (κ2) is 6.66. The second-order valence-corrected chi connectivity index (χ2v) is 5.81. The van der Waals surface area contributed by atoms with Gasteiger partial charge in [0.2, 0.25) is 0 Å². The van der Waals surface area contributed by atoms with Crippen molar-refractivity contribution >= 4 is 6.03 Å². The molecule has 3 rings (SSSR count). The van der Waals surface area contributed by atoms with Crippen LogP contribution in [-0.4, -0.2) is 65.4 Å². The van der Waals surface area contributed by atoms with Gasteiger partial charge in [-0.3, -0.25) is 9.58 Å². The average Bonchev–Trinajstić information content (AvgIpc) is 2.93. The Morgan fingerprint density at radius 3 is 2.77 bits per heavy atom. The number of piperazine rings is 1. The van der Waals surface area contributed by atoms with Crippen LogP contribution in [0.25, 0.3) is 0 Å². The van der Waals surface area contributed by atoms with Crippen LogP contribution in [0.3, 0.4) is 0 Å². The van der Waals surface area contributed by atoms with Gasteiger partial charge in [0.15, 0.2) is 0 Å². The number of carbonyl (C=O) groups excluding carboxylic acids is 1. The number of aromatic nitrogens is 2. The maximum absolute atomic E-state index is 11.6. The van der Waals surface area contributed by atoms with Crippen molar-refractivity contribution in [2.75, 3.05) is 39.8 Å². The molecule has 0 aliphatic carbocycles. The largest absolute Gasteiger partial charge is 0.376 e. The lowest BCUT2D eigenvalue weighted by Gasteiger charge is -2.34. The molecule has 1 aromatic heterocycles. The zero-order chi connectivity index (χ0) is 15.5. The van der Waals surface area contributed by atoms with Crippen molar-refractivity contribution in [1.82, 2.24) is 24.9 Å². The van der Waals surface area contributed by atoms with E-state index >= 15 is 0 Å². The van der Waals surface area contributed by atoms with Crippen molar-refractivity contribution in [3.8, 4) is 0 Å². The lowest BCUT2D eigenvalue weighted by atomic mass is 10.1. The molecule has 3 heterocycles. The van der Waals surface area contributed by atoms with E-state index in [1.54, 1.807) is 7.05 Å². The standard InChI is InChI=1S/C15H25N5O2/c1-3-20-14-4-9-22-11-12(14)13(17-20)10-18-5-7-19(8-6-18)15(21)16-2/h3-11H2,1-2H3,(H,16,21). The summed E-state index contributed by atoms with van der Waals surface area (Å²) in [6.45, 7) is 8.69. The van der Waals surface area contributed by atoms with Crippen LogP contribution in [-0.2, 0) is 30.9 Å². The lowest BCUT2D eigenvalue weighted by molar-refractivity contribution is 0.106. The zero-order valence-corrected chi connectivity index (χ0v) is 13.5.